The molecule has 0 fully saturated rings. The molecule has 0 aliphatic heterocycles. The Hall–Kier alpha value is -5.64. The Morgan fingerprint density at radius 2 is 1.09 bits per heavy atom. The third-order valence-electron chi connectivity index (χ3n) is 8.45. The molecule has 0 heterocycles. The van der Waals surface area contributed by atoms with Gasteiger partial charge in [0.2, 0.25) is 0 Å². The minimum Gasteiger partial charge on any atom is -0.397 e. The van der Waals surface area contributed by atoms with Crippen molar-refractivity contribution in [2.24, 2.45) is 0 Å². The van der Waals surface area contributed by atoms with Crippen LogP contribution in [-0.2, 0) is 10.8 Å². The van der Waals surface area contributed by atoms with E-state index in [2.05, 4.69) is 5.32 Å². The van der Waals surface area contributed by atoms with Crippen LogP contribution in [-0.4, -0.2) is 8.07 Å². The monoisotopic (exact) mass is 743 g/mol. The molecule has 0 saturated carbocycles. The zero-order valence-electron chi connectivity index (χ0n) is 65.1. The first-order valence-corrected chi connectivity index (χ1v) is 17.6. The van der Waals surface area contributed by atoms with Crippen LogP contribution in [0.15, 0.2) is 175 Å². The van der Waals surface area contributed by atoms with E-state index in [9.17, 15) is 23.3 Å². The quantitative estimate of drug-likeness (QED) is 0.0925. The number of para-hydroxylation sites is 3. The molecule has 0 amide bonds. The van der Waals surface area contributed by atoms with E-state index in [0.29, 0.717) is 0 Å². The normalized spacial score (nSPS) is 27.8. The first kappa shape index (κ1) is 11.9. The molecule has 0 spiro atoms. The maximum atomic E-state index is 10.5. The summed E-state index contributed by atoms with van der Waals surface area (Å²) in [6.45, 7) is -17.9. The fourth-order valence-electron chi connectivity index (χ4n) is 5.99. The molecule has 3 heteroatoms. The van der Waals surface area contributed by atoms with Crippen LogP contribution in [0.3, 0.4) is 0 Å². The maximum Gasteiger partial charge on any atom is 0.179 e. The second kappa shape index (κ2) is 13.7. The van der Waals surface area contributed by atoms with Crippen LogP contribution in [0.4, 0.5) is 17.1 Å². The van der Waals surface area contributed by atoms with Crippen molar-refractivity contribution in [3.05, 3.63) is 187 Å². The molecule has 1 aliphatic carbocycles. The van der Waals surface area contributed by atoms with Crippen molar-refractivity contribution >= 4 is 45.9 Å². The van der Waals surface area contributed by atoms with Gasteiger partial charge in [0.05, 0.1) is 47.2 Å². The highest BCUT2D eigenvalue weighted by Crippen LogP contribution is 2.48. The van der Waals surface area contributed by atoms with Crippen LogP contribution in [0.5, 0.6) is 0 Å². The van der Waals surface area contributed by atoms with Crippen molar-refractivity contribution in [3.8, 4) is 22.3 Å². The minimum atomic E-state index is -6.54. The predicted octanol–water partition coefficient (Wildman–Crippen LogP) is 10.1. The fourth-order valence-corrected chi connectivity index (χ4v) is 9.56. The van der Waals surface area contributed by atoms with E-state index in [1.54, 1.807) is 0 Å². The average molecular weight is 743 g/mol. The van der Waals surface area contributed by atoms with Crippen LogP contribution in [0.2, 0.25) is 0 Å². The molecule has 2 nitrogen and oxygen atoms in total. The first-order valence-electron chi connectivity index (χ1n) is 34.6. The smallest absolute Gasteiger partial charge is 0.179 e. The summed E-state index contributed by atoms with van der Waals surface area (Å²) in [5, 5.41) is -2.07. The van der Waals surface area contributed by atoms with Gasteiger partial charge in [0.25, 0.3) is 0 Å². The van der Waals surface area contributed by atoms with Gasteiger partial charge in [0.1, 0.15) is 0 Å². The lowest BCUT2D eigenvalue weighted by molar-refractivity contribution is 0.332. The van der Waals surface area contributed by atoms with E-state index < -0.39 is 252 Å². The zero-order chi connectivity index (χ0) is 69.4. The van der Waals surface area contributed by atoms with Gasteiger partial charge in [-0.15, -0.1) is 0 Å². The Morgan fingerprint density at radius 3 is 1.66 bits per heavy atom. The van der Waals surface area contributed by atoms with Crippen LogP contribution in [0.25, 0.3) is 22.3 Å². The number of nitrogens with one attached hydrogen (secondary N) is 1. The second-order valence-electron chi connectivity index (χ2n) is 11.7. The highest BCUT2D eigenvalue weighted by molar-refractivity contribution is 7.19. The zero-order valence-corrected chi connectivity index (χ0v) is 28.1. The summed E-state index contributed by atoms with van der Waals surface area (Å²) in [7, 11) is -6.54. The molecule has 0 saturated heterocycles. The first-order chi connectivity index (χ1) is 41.4. The molecule has 7 aromatic carbocycles. The van der Waals surface area contributed by atoms with Gasteiger partial charge < -0.3 is 11.1 Å². The summed E-state index contributed by atoms with van der Waals surface area (Å²) >= 11 is 0. The number of rotatable bonds is 8. The Morgan fingerprint density at radius 1 is 0.566 bits per heavy atom. The molecule has 8 rings (SSSR count). The van der Waals surface area contributed by atoms with Gasteiger partial charge in [-0.3, -0.25) is 0 Å². The van der Waals surface area contributed by atoms with E-state index in [-0.39, 0.29) is 11.4 Å². The molecule has 1 aliphatic rings. The number of hydrogen-bond acceptors (Lipinski definition) is 2. The Balaban J connectivity index is 1.75. The summed E-state index contributed by atoms with van der Waals surface area (Å²) in [6.07, 6.45) is -9.49. The van der Waals surface area contributed by atoms with Crippen LogP contribution in [0.1, 0.15) is 103 Å². The molecular weight excluding hydrogens is 657 g/mol. The third kappa shape index (κ3) is 6.19. The average Bonchev–Trinajstić information content (AvgIpc) is 0.638. The fraction of sp³-hybridized carbons (Fsp3) is 0.160. The summed E-state index contributed by atoms with van der Waals surface area (Å²) in [5.74, 6) is 0. The van der Waals surface area contributed by atoms with Crippen molar-refractivity contribution in [1.29, 1.82) is 0 Å². The molecule has 0 unspecified atom stereocenters. The van der Waals surface area contributed by atoms with E-state index in [1.165, 1.54) is 24.3 Å². The number of anilines is 3. The number of hydrogen-bond donors (Lipinski definition) is 2. The number of nitrogen functional groups attached to an aromatic ring is 1. The lowest BCUT2D eigenvalue weighted by Gasteiger charge is -2.42. The van der Waals surface area contributed by atoms with Gasteiger partial charge in [0, 0.05) is 33.1 Å². The molecule has 262 valence electrons. The number of fused-ring (bicyclic) bond motifs is 1. The van der Waals surface area contributed by atoms with Crippen molar-refractivity contribution in [1.82, 2.24) is 0 Å². The molecule has 3 N–H and O–H groups in total. The lowest BCUT2D eigenvalue weighted by Crippen LogP contribution is -2.74. The van der Waals surface area contributed by atoms with Gasteiger partial charge in [0.15, 0.2) is 8.07 Å². The van der Waals surface area contributed by atoms with Gasteiger partial charge >= 0.3 is 0 Å². The molecule has 0 bridgehead atoms. The van der Waals surface area contributed by atoms with Crippen molar-refractivity contribution in [2.75, 3.05) is 11.1 Å². The van der Waals surface area contributed by atoms with Crippen molar-refractivity contribution in [2.45, 2.75) is 51.0 Å². The summed E-state index contributed by atoms with van der Waals surface area (Å²) < 4.78 is 348. The molecule has 0 atom stereocenters. The van der Waals surface area contributed by atoms with Gasteiger partial charge in [-0.05, 0) is 78.7 Å². The minimum absolute atomic E-state index is 0.206. The third-order valence-corrected chi connectivity index (χ3v) is 12.4. The van der Waals surface area contributed by atoms with Gasteiger partial charge in [-0.25, -0.2) is 0 Å². The highest BCUT2D eigenvalue weighted by atomic mass is 28.3. The van der Waals surface area contributed by atoms with E-state index in [0.717, 1.165) is 18.2 Å². The molecule has 0 aromatic heterocycles. The summed E-state index contributed by atoms with van der Waals surface area (Å²) in [6, 6.07) is -21.3. The predicted molar refractivity (Wildman–Crippen MR) is 230 cm³/mol. The van der Waals surface area contributed by atoms with Crippen LogP contribution >= 0.6 is 0 Å². The van der Waals surface area contributed by atoms with E-state index in [4.69, 9.17) is 34.5 Å². The van der Waals surface area contributed by atoms with Crippen LogP contribution in [0, 0.1) is 0 Å². The highest BCUT2D eigenvalue weighted by Gasteiger charge is 2.41. The largest absolute Gasteiger partial charge is 0.397 e. The number of benzene rings is 7. The van der Waals surface area contributed by atoms with Crippen LogP contribution < -0.4 is 31.8 Å². The molecule has 7 aromatic rings. The van der Waals surface area contributed by atoms with E-state index >= 15 is 0 Å². The lowest BCUT2D eigenvalue weighted by atomic mass is 9.63. The Kier molecular flexibility index (Phi) is 3.09. The van der Waals surface area contributed by atoms with Gasteiger partial charge in [-0.1, -0.05) is 191 Å². The summed E-state index contributed by atoms with van der Waals surface area (Å²) in [5.41, 5.74) is -11.4. The topological polar surface area (TPSA) is 38.0 Å². The van der Waals surface area contributed by atoms with Crippen molar-refractivity contribution < 1.29 is 52.1 Å². The molecule has 53 heavy (non-hydrogen) atoms. The molecule has 0 radical (unpaired) electrons. The summed E-state index contributed by atoms with van der Waals surface area (Å²) in [4.78, 5) is 0. The Labute approximate surface area is 369 Å². The standard InChI is InChI=1S/C50H48N2Si/c1-49(2)32-33-50(3,4)45-35-37(30-31-44(45)49)43-27-17-26-42(48(43)52-47-29-15-14-28-46(47)51)36-18-16-25-41(34-36)53(38-19-8-5-9-20-38,39-21-10-6-11-22-39)40-23-12-7-13-24-40/h5-31,34-35,52H,32-33,51H2,1-4H3/i1D3,2D3,3D3,4D3,5D,6D,7D,8D,9D,10D,11D,12D,13D,16D,18D,19D,20D,21D,22D,23D,24D,25D,30D,31D,32D2,33D2,34D,35D. The maximum absolute atomic E-state index is 10.5. The number of nitrogens with two attached hydrogens (primary N) is 1. The Bertz CT molecular complexity index is 3990. The second-order valence-corrected chi connectivity index (χ2v) is 15.2. The van der Waals surface area contributed by atoms with Gasteiger partial charge in [-0.2, -0.15) is 0 Å². The SMILES string of the molecule is [2H]c1c([2H])c([2H])c([Si](c2c([2H])c([2H])c([2H])c([2H])c2[2H])(c2c([2H])c([2H])c([2H])c([2H])c2[2H])c2c([2H])c([2H])c([2H])c(-c3cccc(-c4c([2H])c([2H])c5c(c4[2H])C(C([2H])([2H])[2H])(C([2H])([2H])[2H])C([2H])([2H])C([2H])([2H])C5(C([2H])([2H])[2H])C([2H])([2H])[2H])c3Nc3ccccc3N)c2[2H])c([2H])c1[2H]. The van der Waals surface area contributed by atoms with E-state index in [1.807, 2.05) is 0 Å². The molecular formula is C50H48N2Si. The van der Waals surface area contributed by atoms with Crippen molar-refractivity contribution in [3.63, 3.8) is 0 Å².